The predicted octanol–water partition coefficient (Wildman–Crippen LogP) is 4.19. The maximum absolute atomic E-state index is 12.9. The van der Waals surface area contributed by atoms with Gasteiger partial charge in [0.25, 0.3) is 0 Å². The molecule has 27 heavy (non-hydrogen) atoms. The number of fused-ring (bicyclic) bond motifs is 1. The molecule has 0 aliphatic carbocycles. The Morgan fingerprint density at radius 1 is 1.04 bits per heavy atom. The highest BCUT2D eigenvalue weighted by atomic mass is 19.4. The van der Waals surface area contributed by atoms with Crippen LogP contribution in [0.2, 0.25) is 0 Å². The normalized spacial score (nSPS) is 16.9. The van der Waals surface area contributed by atoms with Gasteiger partial charge in [0.2, 0.25) is 0 Å². The van der Waals surface area contributed by atoms with E-state index in [9.17, 15) is 18.0 Å². The highest BCUT2D eigenvalue weighted by Gasteiger charge is 2.30. The minimum absolute atomic E-state index is 0.103. The second kappa shape index (κ2) is 6.88. The number of imidazole rings is 1. The Hall–Kier alpha value is -2.54. The second-order valence-electron chi connectivity index (χ2n) is 7.02. The summed E-state index contributed by atoms with van der Waals surface area (Å²) in [4.78, 5) is 17.4. The van der Waals surface area contributed by atoms with E-state index in [1.807, 2.05) is 28.8 Å². The molecule has 1 fully saturated rings. The molecule has 1 aliphatic rings. The van der Waals surface area contributed by atoms with Crippen molar-refractivity contribution in [2.75, 3.05) is 13.1 Å². The Labute approximate surface area is 154 Å². The third kappa shape index (κ3) is 3.64. The molecule has 7 heteroatoms. The number of H-pyrrole nitrogens is 1. The molecule has 1 aliphatic heterocycles. The number of hydrogen-bond donors (Lipinski definition) is 1. The monoisotopic (exact) mass is 375 g/mol. The lowest BCUT2D eigenvalue weighted by Crippen LogP contribution is -2.36. The standard InChI is InChI=1S/C20H20F3N3O/c21-20(22,23)15-5-3-4-14(12-15)13-25-10-8-16(9-11-25)26-18-7-2-1-6-17(18)24-19(26)27/h1-7,12,16H,8-11,13H2,(H,24,27). The summed E-state index contributed by atoms with van der Waals surface area (Å²) < 4.78 is 40.4. The molecule has 3 aromatic rings. The first-order valence-corrected chi connectivity index (χ1v) is 8.99. The third-order valence-corrected chi connectivity index (χ3v) is 5.21. The van der Waals surface area contributed by atoms with Gasteiger partial charge >= 0.3 is 11.9 Å². The van der Waals surface area contributed by atoms with Crippen molar-refractivity contribution in [2.45, 2.75) is 31.6 Å². The summed E-state index contributed by atoms with van der Waals surface area (Å²) in [7, 11) is 0. The zero-order chi connectivity index (χ0) is 19.0. The van der Waals surface area contributed by atoms with Gasteiger partial charge in [-0.25, -0.2) is 4.79 Å². The summed E-state index contributed by atoms with van der Waals surface area (Å²) in [6.45, 7) is 1.97. The smallest absolute Gasteiger partial charge is 0.306 e. The SMILES string of the molecule is O=c1[nH]c2ccccc2n1C1CCN(Cc2cccc(C(F)(F)F)c2)CC1. The first-order chi connectivity index (χ1) is 12.9. The third-order valence-electron chi connectivity index (χ3n) is 5.21. The lowest BCUT2D eigenvalue weighted by Gasteiger charge is -2.32. The molecule has 4 rings (SSSR count). The minimum Gasteiger partial charge on any atom is -0.306 e. The van der Waals surface area contributed by atoms with Crippen molar-refractivity contribution in [3.8, 4) is 0 Å². The number of aromatic amines is 1. The molecule has 2 aromatic carbocycles. The quantitative estimate of drug-likeness (QED) is 0.746. The number of para-hydroxylation sites is 2. The average molecular weight is 375 g/mol. The maximum atomic E-state index is 12.9. The zero-order valence-electron chi connectivity index (χ0n) is 14.7. The molecule has 4 nitrogen and oxygen atoms in total. The molecular formula is C20H20F3N3O. The predicted molar refractivity (Wildman–Crippen MR) is 97.6 cm³/mol. The molecule has 1 N–H and O–H groups in total. The van der Waals surface area contributed by atoms with Crippen LogP contribution in [0.25, 0.3) is 11.0 Å². The van der Waals surface area contributed by atoms with Crippen LogP contribution in [0.5, 0.6) is 0 Å². The van der Waals surface area contributed by atoms with E-state index < -0.39 is 11.7 Å². The number of rotatable bonds is 3. The lowest BCUT2D eigenvalue weighted by molar-refractivity contribution is -0.137. The van der Waals surface area contributed by atoms with E-state index >= 15 is 0 Å². The topological polar surface area (TPSA) is 41.0 Å². The number of nitrogens with one attached hydrogen (secondary N) is 1. The number of nitrogens with zero attached hydrogens (tertiary/aromatic N) is 2. The van der Waals surface area contributed by atoms with Gasteiger partial charge in [-0.05, 0) is 36.6 Å². The van der Waals surface area contributed by atoms with Crippen molar-refractivity contribution in [1.29, 1.82) is 0 Å². The van der Waals surface area contributed by atoms with Crippen LogP contribution in [-0.4, -0.2) is 27.5 Å². The van der Waals surface area contributed by atoms with Crippen molar-refractivity contribution in [3.05, 3.63) is 70.1 Å². The van der Waals surface area contributed by atoms with Crippen molar-refractivity contribution >= 4 is 11.0 Å². The largest absolute Gasteiger partial charge is 0.416 e. The summed E-state index contributed by atoms with van der Waals surface area (Å²) in [5, 5.41) is 0. The van der Waals surface area contributed by atoms with E-state index in [1.54, 1.807) is 6.07 Å². The zero-order valence-corrected chi connectivity index (χ0v) is 14.7. The van der Waals surface area contributed by atoms with Crippen LogP contribution in [0.1, 0.15) is 30.0 Å². The number of benzene rings is 2. The van der Waals surface area contributed by atoms with Crippen LogP contribution in [0.15, 0.2) is 53.3 Å². The molecule has 0 radical (unpaired) electrons. The molecule has 0 unspecified atom stereocenters. The van der Waals surface area contributed by atoms with Crippen LogP contribution < -0.4 is 5.69 Å². The van der Waals surface area contributed by atoms with Gasteiger partial charge in [-0.2, -0.15) is 13.2 Å². The van der Waals surface area contributed by atoms with Crippen LogP contribution in [-0.2, 0) is 12.7 Å². The molecule has 0 saturated carbocycles. The lowest BCUT2D eigenvalue weighted by atomic mass is 10.0. The van der Waals surface area contributed by atoms with Gasteiger partial charge in [0.15, 0.2) is 0 Å². The molecule has 1 saturated heterocycles. The van der Waals surface area contributed by atoms with Gasteiger partial charge in [-0.1, -0.05) is 30.3 Å². The van der Waals surface area contributed by atoms with E-state index in [1.165, 1.54) is 12.1 Å². The molecule has 0 spiro atoms. The van der Waals surface area contributed by atoms with E-state index in [4.69, 9.17) is 0 Å². The van der Waals surface area contributed by atoms with Gasteiger partial charge in [-0.15, -0.1) is 0 Å². The van der Waals surface area contributed by atoms with E-state index in [0.29, 0.717) is 12.1 Å². The summed E-state index contributed by atoms with van der Waals surface area (Å²) in [5.74, 6) is 0. The van der Waals surface area contributed by atoms with Crippen LogP contribution in [0.3, 0.4) is 0 Å². The van der Waals surface area contributed by atoms with E-state index in [-0.39, 0.29) is 11.7 Å². The van der Waals surface area contributed by atoms with Gasteiger partial charge in [-0.3, -0.25) is 9.47 Å². The maximum Gasteiger partial charge on any atom is 0.416 e. The number of alkyl halides is 3. The number of aromatic nitrogens is 2. The van der Waals surface area contributed by atoms with Crippen LogP contribution in [0, 0.1) is 0 Å². The van der Waals surface area contributed by atoms with Crippen LogP contribution in [0.4, 0.5) is 13.2 Å². The van der Waals surface area contributed by atoms with Gasteiger partial charge in [0.05, 0.1) is 16.6 Å². The van der Waals surface area contributed by atoms with Crippen molar-refractivity contribution in [2.24, 2.45) is 0 Å². The van der Waals surface area contributed by atoms with Crippen molar-refractivity contribution in [3.63, 3.8) is 0 Å². The Bertz CT molecular complexity index is 997. The summed E-state index contributed by atoms with van der Waals surface area (Å²) in [6, 6.07) is 13.2. The Kier molecular flexibility index (Phi) is 4.55. The Morgan fingerprint density at radius 3 is 2.52 bits per heavy atom. The van der Waals surface area contributed by atoms with Crippen LogP contribution >= 0.6 is 0 Å². The average Bonchev–Trinajstić information content (AvgIpc) is 2.98. The molecular weight excluding hydrogens is 355 g/mol. The summed E-state index contributed by atoms with van der Waals surface area (Å²) in [5.41, 5.74) is 1.67. The second-order valence-corrected chi connectivity index (χ2v) is 7.02. The molecule has 0 bridgehead atoms. The fourth-order valence-electron chi connectivity index (χ4n) is 3.88. The van der Waals surface area contributed by atoms with Gasteiger partial charge in [0.1, 0.15) is 0 Å². The highest BCUT2D eigenvalue weighted by Crippen LogP contribution is 2.30. The molecule has 0 atom stereocenters. The first-order valence-electron chi connectivity index (χ1n) is 8.99. The summed E-state index contributed by atoms with van der Waals surface area (Å²) in [6.07, 6.45) is -2.74. The molecule has 2 heterocycles. The van der Waals surface area contributed by atoms with Gasteiger partial charge in [0, 0.05) is 25.7 Å². The van der Waals surface area contributed by atoms with Crippen molar-refractivity contribution < 1.29 is 13.2 Å². The Balaban J connectivity index is 1.45. The minimum atomic E-state index is -4.32. The number of piperidine rings is 1. The molecule has 0 amide bonds. The highest BCUT2D eigenvalue weighted by molar-refractivity contribution is 5.75. The first kappa shape index (κ1) is 17.9. The summed E-state index contributed by atoms with van der Waals surface area (Å²) >= 11 is 0. The number of hydrogen-bond acceptors (Lipinski definition) is 2. The molecule has 142 valence electrons. The fraction of sp³-hybridized carbons (Fsp3) is 0.350. The Morgan fingerprint density at radius 2 is 1.78 bits per heavy atom. The number of halogens is 3. The van der Waals surface area contributed by atoms with Crippen molar-refractivity contribution in [1.82, 2.24) is 14.5 Å². The van der Waals surface area contributed by atoms with E-state index in [2.05, 4.69) is 9.88 Å². The number of likely N-dealkylation sites (tertiary alicyclic amines) is 1. The fourth-order valence-corrected chi connectivity index (χ4v) is 3.88. The molecule has 1 aromatic heterocycles. The van der Waals surface area contributed by atoms with Gasteiger partial charge < -0.3 is 4.98 Å². The van der Waals surface area contributed by atoms with E-state index in [0.717, 1.165) is 43.0 Å².